The van der Waals surface area contributed by atoms with Gasteiger partial charge < -0.3 is 0 Å². The maximum Gasteiger partial charge on any atom is 0.159 e. The van der Waals surface area contributed by atoms with E-state index in [1.54, 1.807) is 0 Å². The monoisotopic (exact) mass is 113 g/mol. The number of carbonyl (C=O) groups is 1. The summed E-state index contributed by atoms with van der Waals surface area (Å²) in [5.74, 6) is 0.106. The van der Waals surface area contributed by atoms with Crippen LogP contribution in [0.25, 0.3) is 0 Å². The molecule has 0 unspecified atom stereocenters. The minimum Gasteiger partial charge on any atom is -0.295 e. The Labute approximate surface area is 47.3 Å². The number of rotatable bonds is 0. The summed E-state index contributed by atoms with van der Waals surface area (Å²) in [6, 6.07) is 0. The molecule has 1 rings (SSSR count). The molecule has 8 heavy (non-hydrogen) atoms. The number of ketones is 1. The maximum absolute atomic E-state index is 10.5. The zero-order chi connectivity index (χ0) is 5.82. The Hall–Kier alpha value is -0.830. The number of nitrogens with one attached hydrogen (secondary N) is 1. The van der Waals surface area contributed by atoms with Crippen LogP contribution in [-0.4, -0.2) is 12.4 Å². The molecule has 1 aliphatic heterocycles. The van der Waals surface area contributed by atoms with Gasteiger partial charge in [-0.2, -0.15) is 0 Å². The van der Waals surface area contributed by atoms with Gasteiger partial charge in [0.05, 0.1) is 6.61 Å². The fourth-order valence-corrected chi connectivity index (χ4v) is 0.469. The fraction of sp³-hybridized carbons (Fsp3) is 0.400. The Morgan fingerprint density at radius 3 is 3.50 bits per heavy atom. The molecule has 0 radical (unpaired) electrons. The highest BCUT2D eigenvalue weighted by Crippen LogP contribution is 1.88. The molecule has 0 saturated heterocycles. The van der Waals surface area contributed by atoms with Crippen LogP contribution in [0.4, 0.5) is 0 Å². The lowest BCUT2D eigenvalue weighted by Gasteiger charge is -1.93. The Morgan fingerprint density at radius 1 is 1.75 bits per heavy atom. The van der Waals surface area contributed by atoms with E-state index in [4.69, 9.17) is 4.84 Å². The van der Waals surface area contributed by atoms with Gasteiger partial charge in [0.15, 0.2) is 5.78 Å². The first-order valence-electron chi connectivity index (χ1n) is 2.46. The quantitative estimate of drug-likeness (QED) is 0.480. The minimum absolute atomic E-state index is 0.106. The third-order valence-electron chi connectivity index (χ3n) is 0.871. The van der Waals surface area contributed by atoms with E-state index in [1.165, 1.54) is 12.3 Å². The topological polar surface area (TPSA) is 38.3 Å². The molecular weight excluding hydrogens is 106 g/mol. The standard InChI is InChI=1S/C5H7NO2/c7-5-1-3-6-8-4-2-5/h1,3,6H,2,4H2. The molecule has 0 aromatic carbocycles. The van der Waals surface area contributed by atoms with Gasteiger partial charge in [-0.25, -0.2) is 0 Å². The van der Waals surface area contributed by atoms with Crippen molar-refractivity contribution in [3.05, 3.63) is 12.3 Å². The SMILES string of the molecule is O=C1C=CNOCC1. The van der Waals surface area contributed by atoms with Crippen LogP contribution >= 0.6 is 0 Å². The molecule has 44 valence electrons. The molecule has 0 aromatic rings. The Kier molecular flexibility index (Phi) is 1.64. The highest BCUT2D eigenvalue weighted by molar-refractivity contribution is 5.89. The van der Waals surface area contributed by atoms with Crippen LogP contribution in [0.15, 0.2) is 12.3 Å². The molecule has 0 aromatic heterocycles. The van der Waals surface area contributed by atoms with Gasteiger partial charge in [0.25, 0.3) is 0 Å². The molecular formula is C5H7NO2. The lowest BCUT2D eigenvalue weighted by Crippen LogP contribution is -2.04. The summed E-state index contributed by atoms with van der Waals surface area (Å²) in [7, 11) is 0. The van der Waals surface area contributed by atoms with Crippen molar-refractivity contribution in [2.24, 2.45) is 0 Å². The van der Waals surface area contributed by atoms with Gasteiger partial charge in [-0.15, -0.1) is 0 Å². The predicted octanol–water partition coefficient (Wildman–Crippen LogP) is -0.00590. The van der Waals surface area contributed by atoms with Crippen molar-refractivity contribution in [3.63, 3.8) is 0 Å². The summed E-state index contributed by atoms with van der Waals surface area (Å²) < 4.78 is 0. The van der Waals surface area contributed by atoms with E-state index in [0.717, 1.165) is 0 Å². The Bertz CT molecular complexity index is 120. The molecule has 3 heteroatoms. The van der Waals surface area contributed by atoms with Crippen LogP contribution in [0.3, 0.4) is 0 Å². The average molecular weight is 113 g/mol. The van der Waals surface area contributed by atoms with Crippen molar-refractivity contribution in [2.45, 2.75) is 6.42 Å². The van der Waals surface area contributed by atoms with Crippen LogP contribution in [0, 0.1) is 0 Å². The third kappa shape index (κ3) is 1.35. The van der Waals surface area contributed by atoms with Gasteiger partial charge >= 0.3 is 0 Å². The number of hydrogen-bond acceptors (Lipinski definition) is 3. The van der Waals surface area contributed by atoms with Crippen molar-refractivity contribution in [1.29, 1.82) is 0 Å². The largest absolute Gasteiger partial charge is 0.295 e. The van der Waals surface area contributed by atoms with Gasteiger partial charge in [-0.1, -0.05) is 0 Å². The third-order valence-corrected chi connectivity index (χ3v) is 0.871. The molecule has 1 heterocycles. The van der Waals surface area contributed by atoms with E-state index in [9.17, 15) is 4.79 Å². The first-order chi connectivity index (χ1) is 3.89. The molecule has 0 aliphatic carbocycles. The van der Waals surface area contributed by atoms with Crippen LogP contribution in [0.2, 0.25) is 0 Å². The van der Waals surface area contributed by atoms with Crippen LogP contribution < -0.4 is 5.48 Å². The molecule has 0 fully saturated rings. The zero-order valence-electron chi connectivity index (χ0n) is 4.39. The van der Waals surface area contributed by atoms with E-state index < -0.39 is 0 Å². The van der Waals surface area contributed by atoms with Crippen molar-refractivity contribution < 1.29 is 9.63 Å². The normalized spacial score (nSPS) is 19.8. The van der Waals surface area contributed by atoms with E-state index in [2.05, 4.69) is 5.48 Å². The second-order valence-corrected chi connectivity index (χ2v) is 1.52. The van der Waals surface area contributed by atoms with Gasteiger partial charge in [-0.3, -0.25) is 15.1 Å². The summed E-state index contributed by atoms with van der Waals surface area (Å²) in [6.07, 6.45) is 3.44. The summed E-state index contributed by atoms with van der Waals surface area (Å²) in [6.45, 7) is 0.464. The summed E-state index contributed by atoms with van der Waals surface area (Å²) in [5.41, 5.74) is 2.48. The molecule has 0 saturated carbocycles. The minimum atomic E-state index is 0.106. The predicted molar refractivity (Wildman–Crippen MR) is 27.9 cm³/mol. The van der Waals surface area contributed by atoms with Gasteiger partial charge in [0.1, 0.15) is 0 Å². The number of carbonyl (C=O) groups excluding carboxylic acids is 1. The smallest absolute Gasteiger partial charge is 0.159 e. The second-order valence-electron chi connectivity index (χ2n) is 1.52. The van der Waals surface area contributed by atoms with E-state index in [1.807, 2.05) is 0 Å². The molecule has 0 atom stereocenters. The summed E-state index contributed by atoms with van der Waals surface area (Å²) in [4.78, 5) is 15.2. The second kappa shape index (κ2) is 2.47. The van der Waals surface area contributed by atoms with E-state index in [-0.39, 0.29) is 5.78 Å². The number of allylic oxidation sites excluding steroid dienone is 1. The molecule has 0 spiro atoms. The fourth-order valence-electron chi connectivity index (χ4n) is 0.469. The average Bonchev–Trinajstić information content (AvgIpc) is 1.94. The van der Waals surface area contributed by atoms with Crippen LogP contribution in [0.5, 0.6) is 0 Å². The van der Waals surface area contributed by atoms with Crippen LogP contribution in [-0.2, 0) is 9.63 Å². The number of hydrogen-bond donors (Lipinski definition) is 1. The van der Waals surface area contributed by atoms with Crippen LogP contribution in [0.1, 0.15) is 6.42 Å². The van der Waals surface area contributed by atoms with Crippen molar-refractivity contribution >= 4 is 5.78 Å². The van der Waals surface area contributed by atoms with Crippen molar-refractivity contribution in [2.75, 3.05) is 6.61 Å². The first kappa shape index (κ1) is 5.31. The van der Waals surface area contributed by atoms with Gasteiger partial charge in [-0.05, 0) is 6.08 Å². The van der Waals surface area contributed by atoms with E-state index in [0.29, 0.717) is 13.0 Å². The summed E-state index contributed by atoms with van der Waals surface area (Å²) in [5, 5.41) is 0. The Morgan fingerprint density at radius 2 is 2.62 bits per heavy atom. The molecule has 0 amide bonds. The summed E-state index contributed by atoms with van der Waals surface area (Å²) >= 11 is 0. The zero-order valence-corrected chi connectivity index (χ0v) is 4.39. The van der Waals surface area contributed by atoms with Gasteiger partial charge in [0, 0.05) is 12.6 Å². The lowest BCUT2D eigenvalue weighted by molar-refractivity contribution is -0.115. The lowest BCUT2D eigenvalue weighted by atomic mass is 10.3. The maximum atomic E-state index is 10.5. The molecule has 1 aliphatic rings. The Balaban J connectivity index is 2.44. The van der Waals surface area contributed by atoms with E-state index >= 15 is 0 Å². The number of hydroxylamine groups is 1. The highest BCUT2D eigenvalue weighted by atomic mass is 16.6. The molecule has 0 bridgehead atoms. The molecule has 3 nitrogen and oxygen atoms in total. The molecule has 1 N–H and O–H groups in total. The highest BCUT2D eigenvalue weighted by Gasteiger charge is 1.98. The van der Waals surface area contributed by atoms with Crippen molar-refractivity contribution in [1.82, 2.24) is 5.48 Å². The van der Waals surface area contributed by atoms with Gasteiger partial charge in [0.2, 0.25) is 0 Å². The van der Waals surface area contributed by atoms with Crippen molar-refractivity contribution in [3.8, 4) is 0 Å². The first-order valence-corrected chi connectivity index (χ1v) is 2.46.